The molecule has 1 aromatic heterocycles. The predicted molar refractivity (Wildman–Crippen MR) is 111 cm³/mol. The van der Waals surface area contributed by atoms with Crippen molar-refractivity contribution in [3.8, 4) is 5.88 Å². The molecular weight excluding hydrogens is 354 g/mol. The number of hydrogen-bond acceptors (Lipinski definition) is 6. The van der Waals surface area contributed by atoms with Gasteiger partial charge in [0.2, 0.25) is 5.88 Å². The minimum Gasteiger partial charge on any atom is -0.481 e. The first-order chi connectivity index (χ1) is 13.2. The molecule has 7 heteroatoms. The molecule has 0 aliphatic heterocycles. The average molecular weight is 386 g/mol. The fourth-order valence-electron chi connectivity index (χ4n) is 2.99. The number of carbonyl (C=O) groups is 1. The maximum absolute atomic E-state index is 13.0. The Morgan fingerprint density at radius 3 is 2.54 bits per heavy atom. The molecule has 0 unspecified atom stereocenters. The molecule has 28 heavy (non-hydrogen) atoms. The van der Waals surface area contributed by atoms with E-state index in [4.69, 9.17) is 4.74 Å². The summed E-state index contributed by atoms with van der Waals surface area (Å²) >= 11 is 0. The lowest BCUT2D eigenvalue weighted by Gasteiger charge is -2.20. The zero-order chi connectivity index (χ0) is 20.9. The highest BCUT2D eigenvalue weighted by atomic mass is 16.5. The molecule has 152 valence electrons. The van der Waals surface area contributed by atoms with Gasteiger partial charge in [0.25, 0.3) is 5.91 Å². The van der Waals surface area contributed by atoms with Crippen LogP contribution in [0.1, 0.15) is 58.5 Å². The maximum atomic E-state index is 13.0. The molecule has 1 fully saturated rings. The summed E-state index contributed by atoms with van der Waals surface area (Å²) in [5, 5.41) is 6.42. The first kappa shape index (κ1) is 21.6. The van der Waals surface area contributed by atoms with Crippen molar-refractivity contribution in [2.45, 2.75) is 66.0 Å². The Balaban J connectivity index is 2.25. The second kappa shape index (κ2) is 8.99. The molecule has 0 bridgehead atoms. The molecule has 0 aromatic carbocycles. The van der Waals surface area contributed by atoms with E-state index in [0.717, 1.165) is 24.0 Å². The van der Waals surface area contributed by atoms with Gasteiger partial charge in [0.05, 0.1) is 19.3 Å². The predicted octanol–water partition coefficient (Wildman–Crippen LogP) is 3.21. The Hall–Kier alpha value is -2.70. The molecule has 0 saturated heterocycles. The molecule has 1 aliphatic rings. The molecule has 0 radical (unpaired) electrons. The van der Waals surface area contributed by atoms with Crippen molar-refractivity contribution in [3.05, 3.63) is 40.1 Å². The number of aryl methyl sites for hydroxylation is 1. The molecule has 0 atom stereocenters. The van der Waals surface area contributed by atoms with E-state index in [0.29, 0.717) is 35.2 Å². The van der Waals surface area contributed by atoms with Crippen molar-refractivity contribution in [2.24, 2.45) is 4.99 Å². The normalized spacial score (nSPS) is 15.2. The Morgan fingerprint density at radius 2 is 2.04 bits per heavy atom. The molecule has 2 N–H and O–H groups in total. The smallest absolute Gasteiger partial charge is 0.251 e. The van der Waals surface area contributed by atoms with E-state index in [-0.39, 0.29) is 18.0 Å². The number of nitrogens with one attached hydrogen (secondary N) is 2. The van der Waals surface area contributed by atoms with Gasteiger partial charge in [0.1, 0.15) is 11.6 Å². The number of allylic oxidation sites excluding steroid dienone is 1. The van der Waals surface area contributed by atoms with Gasteiger partial charge in [-0.3, -0.25) is 4.79 Å². The van der Waals surface area contributed by atoms with E-state index in [9.17, 15) is 4.79 Å². The van der Waals surface area contributed by atoms with Crippen molar-refractivity contribution in [3.63, 3.8) is 0 Å². The lowest BCUT2D eigenvalue weighted by molar-refractivity contribution is -0.117. The Kier molecular flexibility index (Phi) is 6.94. The van der Waals surface area contributed by atoms with Gasteiger partial charge in [-0.05, 0) is 53.7 Å². The van der Waals surface area contributed by atoms with Gasteiger partial charge in [-0.2, -0.15) is 4.98 Å². The quantitative estimate of drug-likeness (QED) is 0.387. The van der Waals surface area contributed by atoms with Gasteiger partial charge in [0, 0.05) is 22.8 Å². The zero-order valence-corrected chi connectivity index (χ0v) is 17.8. The van der Waals surface area contributed by atoms with E-state index < -0.39 is 0 Å². The highest BCUT2D eigenvalue weighted by Gasteiger charge is 2.38. The van der Waals surface area contributed by atoms with E-state index in [1.807, 2.05) is 20.8 Å². The van der Waals surface area contributed by atoms with Crippen molar-refractivity contribution >= 4 is 12.6 Å². The van der Waals surface area contributed by atoms with Crippen LogP contribution in [-0.2, 0) is 11.3 Å². The molecule has 1 heterocycles. The first-order valence-corrected chi connectivity index (χ1v) is 9.55. The van der Waals surface area contributed by atoms with Crippen LogP contribution in [0.2, 0.25) is 0 Å². The minimum atomic E-state index is -0.156. The van der Waals surface area contributed by atoms with Gasteiger partial charge in [-0.1, -0.05) is 12.5 Å². The molecule has 1 amide bonds. The molecule has 7 nitrogen and oxygen atoms in total. The second-order valence-electron chi connectivity index (χ2n) is 7.53. The van der Waals surface area contributed by atoms with Crippen molar-refractivity contribution in [1.29, 1.82) is 0 Å². The zero-order valence-electron chi connectivity index (χ0n) is 17.8. The third-order valence-electron chi connectivity index (χ3n) is 4.75. The van der Waals surface area contributed by atoms with E-state index in [1.54, 1.807) is 20.1 Å². The largest absolute Gasteiger partial charge is 0.481 e. The van der Waals surface area contributed by atoms with Crippen LogP contribution in [0.3, 0.4) is 0 Å². The van der Waals surface area contributed by atoms with Crippen LogP contribution in [0.4, 0.5) is 0 Å². The second-order valence-corrected chi connectivity index (χ2v) is 7.53. The van der Waals surface area contributed by atoms with Crippen LogP contribution >= 0.6 is 0 Å². The van der Waals surface area contributed by atoms with Gasteiger partial charge in [-0.15, -0.1) is 0 Å². The standard InChI is InChI=1S/C21H31N5O2/c1-8-16(19(22-6)26-21(5)9-10-21)18(13(2)3)20(27)23-12-15-11-17(28-7)25-14(4)24-15/h11,26H,6,8-10,12H2,1-5,7H3,(H,23,27)/b19-16-. The van der Waals surface area contributed by atoms with Crippen LogP contribution in [0.25, 0.3) is 0 Å². The Labute approximate surface area is 167 Å². The maximum Gasteiger partial charge on any atom is 0.251 e. The van der Waals surface area contributed by atoms with Gasteiger partial charge < -0.3 is 15.4 Å². The molecule has 1 aliphatic carbocycles. The lowest BCUT2D eigenvalue weighted by atomic mass is 9.97. The number of hydrogen-bond donors (Lipinski definition) is 2. The number of aromatic nitrogens is 2. The van der Waals surface area contributed by atoms with Crippen molar-refractivity contribution in [2.75, 3.05) is 7.11 Å². The first-order valence-electron chi connectivity index (χ1n) is 9.55. The number of carbonyl (C=O) groups excluding carboxylic acids is 1. The SMILES string of the molecule is C=N/C(NC1(C)CC1)=C(\CC)C(C(=O)NCc1cc(OC)nc(C)n1)=C(C)C. The highest BCUT2D eigenvalue weighted by molar-refractivity contribution is 5.98. The minimum absolute atomic E-state index is 0.0508. The van der Waals surface area contributed by atoms with Crippen molar-refractivity contribution in [1.82, 2.24) is 20.6 Å². The van der Waals surface area contributed by atoms with E-state index in [1.165, 1.54) is 0 Å². The third-order valence-corrected chi connectivity index (χ3v) is 4.75. The van der Waals surface area contributed by atoms with Gasteiger partial charge in [-0.25, -0.2) is 9.98 Å². The van der Waals surface area contributed by atoms with Crippen molar-refractivity contribution < 1.29 is 9.53 Å². The number of nitrogens with zero attached hydrogens (tertiary/aromatic N) is 3. The Morgan fingerprint density at radius 1 is 1.36 bits per heavy atom. The molecule has 1 saturated carbocycles. The summed E-state index contributed by atoms with van der Waals surface area (Å²) in [4.78, 5) is 25.7. The fourth-order valence-corrected chi connectivity index (χ4v) is 2.99. The van der Waals surface area contributed by atoms with Crippen LogP contribution in [0.15, 0.2) is 33.6 Å². The number of aliphatic imine (C=N–C) groups is 1. The molecule has 2 rings (SSSR count). The summed E-state index contributed by atoms with van der Waals surface area (Å²) in [7, 11) is 1.56. The lowest BCUT2D eigenvalue weighted by Crippen LogP contribution is -2.31. The van der Waals surface area contributed by atoms with Crippen LogP contribution < -0.4 is 15.4 Å². The summed E-state index contributed by atoms with van der Waals surface area (Å²) in [5.74, 6) is 1.61. The molecular formula is C21H31N5O2. The number of ether oxygens (including phenoxy) is 1. The van der Waals surface area contributed by atoms with E-state index in [2.05, 4.69) is 39.2 Å². The highest BCUT2D eigenvalue weighted by Crippen LogP contribution is 2.36. The number of methoxy groups -OCH3 is 1. The number of amides is 1. The van der Waals surface area contributed by atoms with Gasteiger partial charge >= 0.3 is 0 Å². The topological polar surface area (TPSA) is 88.5 Å². The van der Waals surface area contributed by atoms with Crippen LogP contribution in [-0.4, -0.2) is 35.2 Å². The number of rotatable bonds is 9. The average Bonchev–Trinajstić information content (AvgIpc) is 3.38. The fraction of sp³-hybridized carbons (Fsp3) is 0.524. The monoisotopic (exact) mass is 385 g/mol. The van der Waals surface area contributed by atoms with Gasteiger partial charge in [0.15, 0.2) is 0 Å². The summed E-state index contributed by atoms with van der Waals surface area (Å²) in [5.41, 5.74) is 3.18. The summed E-state index contributed by atoms with van der Waals surface area (Å²) < 4.78 is 5.17. The Bertz CT molecular complexity index is 818. The summed E-state index contributed by atoms with van der Waals surface area (Å²) in [6.07, 6.45) is 2.86. The molecule has 0 spiro atoms. The van der Waals surface area contributed by atoms with Crippen LogP contribution in [0.5, 0.6) is 5.88 Å². The summed E-state index contributed by atoms with van der Waals surface area (Å²) in [6, 6.07) is 1.72. The summed E-state index contributed by atoms with van der Waals surface area (Å²) in [6.45, 7) is 13.8. The molecule has 1 aromatic rings. The van der Waals surface area contributed by atoms with Crippen LogP contribution in [0, 0.1) is 6.92 Å². The third kappa shape index (κ3) is 5.41. The van der Waals surface area contributed by atoms with E-state index >= 15 is 0 Å².